The molecule has 0 atom stereocenters. The predicted molar refractivity (Wildman–Crippen MR) is 93.5 cm³/mol. The van der Waals surface area contributed by atoms with Crippen molar-refractivity contribution in [3.63, 3.8) is 0 Å². The first-order chi connectivity index (χ1) is 11.0. The van der Waals surface area contributed by atoms with E-state index in [1.165, 1.54) is 0 Å². The standard InChI is InChI=1S/C18H21N3O2/c1-13(2)18(23)21-16-10-8-14(9-11-16)19-12-17(22)20-15-6-4-3-5-7-15/h3-11,13,19H,12H2,1-2H3,(H,20,22)(H,21,23). The lowest BCUT2D eigenvalue weighted by molar-refractivity contribution is -0.119. The van der Waals surface area contributed by atoms with Crippen LogP contribution in [0.5, 0.6) is 0 Å². The molecule has 0 heterocycles. The van der Waals surface area contributed by atoms with Gasteiger partial charge in [0.2, 0.25) is 11.8 Å². The van der Waals surface area contributed by atoms with E-state index in [0.717, 1.165) is 17.1 Å². The van der Waals surface area contributed by atoms with Gasteiger partial charge in [-0.25, -0.2) is 0 Å². The number of carbonyl (C=O) groups excluding carboxylic acids is 2. The molecule has 0 aliphatic rings. The second kappa shape index (κ2) is 7.98. The van der Waals surface area contributed by atoms with Gasteiger partial charge in [0, 0.05) is 23.0 Å². The number of nitrogens with one attached hydrogen (secondary N) is 3. The summed E-state index contributed by atoms with van der Waals surface area (Å²) in [6.45, 7) is 3.86. The Morgan fingerprint density at radius 1 is 0.826 bits per heavy atom. The molecule has 0 bridgehead atoms. The summed E-state index contributed by atoms with van der Waals surface area (Å²) in [7, 11) is 0. The molecule has 5 nitrogen and oxygen atoms in total. The number of hydrogen-bond acceptors (Lipinski definition) is 3. The average Bonchev–Trinajstić information content (AvgIpc) is 2.55. The maximum atomic E-state index is 11.8. The number of anilines is 3. The van der Waals surface area contributed by atoms with E-state index < -0.39 is 0 Å². The van der Waals surface area contributed by atoms with Gasteiger partial charge in [-0.3, -0.25) is 9.59 Å². The van der Waals surface area contributed by atoms with Crippen molar-refractivity contribution >= 4 is 28.9 Å². The molecule has 0 fully saturated rings. The zero-order valence-electron chi connectivity index (χ0n) is 13.3. The second-order valence-corrected chi connectivity index (χ2v) is 5.49. The van der Waals surface area contributed by atoms with Crippen LogP contribution >= 0.6 is 0 Å². The molecule has 2 aromatic carbocycles. The van der Waals surface area contributed by atoms with E-state index >= 15 is 0 Å². The van der Waals surface area contributed by atoms with Crippen molar-refractivity contribution in [1.82, 2.24) is 0 Å². The first-order valence-electron chi connectivity index (χ1n) is 7.54. The number of carbonyl (C=O) groups is 2. The number of rotatable bonds is 6. The molecule has 0 saturated heterocycles. The molecule has 0 radical (unpaired) electrons. The Bertz CT molecular complexity index is 652. The fraction of sp³-hybridized carbons (Fsp3) is 0.222. The van der Waals surface area contributed by atoms with Gasteiger partial charge >= 0.3 is 0 Å². The third-order valence-corrected chi connectivity index (χ3v) is 3.19. The fourth-order valence-electron chi connectivity index (χ4n) is 1.87. The van der Waals surface area contributed by atoms with Gasteiger partial charge in [-0.1, -0.05) is 32.0 Å². The molecule has 0 aromatic heterocycles. The molecule has 0 aliphatic heterocycles. The monoisotopic (exact) mass is 311 g/mol. The zero-order chi connectivity index (χ0) is 16.7. The van der Waals surface area contributed by atoms with Crippen LogP contribution in [0.3, 0.4) is 0 Å². The van der Waals surface area contributed by atoms with Crippen molar-refractivity contribution in [3.05, 3.63) is 54.6 Å². The van der Waals surface area contributed by atoms with Gasteiger partial charge in [-0.15, -0.1) is 0 Å². The van der Waals surface area contributed by atoms with E-state index in [1.807, 2.05) is 56.3 Å². The summed E-state index contributed by atoms with van der Waals surface area (Å²) in [5, 5.41) is 8.67. The summed E-state index contributed by atoms with van der Waals surface area (Å²) in [6.07, 6.45) is 0. The largest absolute Gasteiger partial charge is 0.376 e. The second-order valence-electron chi connectivity index (χ2n) is 5.49. The highest BCUT2D eigenvalue weighted by Crippen LogP contribution is 2.14. The number of amides is 2. The van der Waals surface area contributed by atoms with Crippen LogP contribution in [0.25, 0.3) is 0 Å². The van der Waals surface area contributed by atoms with Crippen molar-refractivity contribution in [1.29, 1.82) is 0 Å². The van der Waals surface area contributed by atoms with Crippen LogP contribution in [0.4, 0.5) is 17.1 Å². The molecule has 2 rings (SSSR count). The summed E-state index contributed by atoms with van der Waals surface area (Å²) in [6, 6.07) is 16.6. The molecule has 0 unspecified atom stereocenters. The molecular weight excluding hydrogens is 290 g/mol. The molecule has 0 spiro atoms. The molecule has 2 amide bonds. The quantitative estimate of drug-likeness (QED) is 0.766. The Kier molecular flexibility index (Phi) is 5.74. The Labute approximate surface area is 136 Å². The minimum absolute atomic E-state index is 0.0204. The van der Waals surface area contributed by atoms with Crippen LogP contribution in [-0.4, -0.2) is 18.4 Å². The van der Waals surface area contributed by atoms with Crippen LogP contribution in [0.15, 0.2) is 54.6 Å². The van der Waals surface area contributed by atoms with E-state index in [2.05, 4.69) is 16.0 Å². The highest BCUT2D eigenvalue weighted by atomic mass is 16.2. The summed E-state index contributed by atoms with van der Waals surface area (Å²) in [4.78, 5) is 23.4. The van der Waals surface area contributed by atoms with Crippen molar-refractivity contribution < 1.29 is 9.59 Å². The number of hydrogen-bond donors (Lipinski definition) is 3. The molecule has 2 aromatic rings. The Morgan fingerprint density at radius 2 is 1.39 bits per heavy atom. The van der Waals surface area contributed by atoms with Crippen molar-refractivity contribution in [3.8, 4) is 0 Å². The van der Waals surface area contributed by atoms with E-state index in [0.29, 0.717) is 0 Å². The zero-order valence-corrected chi connectivity index (χ0v) is 13.3. The van der Waals surface area contributed by atoms with Crippen molar-refractivity contribution in [2.24, 2.45) is 5.92 Å². The summed E-state index contributed by atoms with van der Waals surface area (Å²) < 4.78 is 0. The van der Waals surface area contributed by atoms with Gasteiger partial charge in [0.15, 0.2) is 0 Å². The lowest BCUT2D eigenvalue weighted by Gasteiger charge is -2.10. The van der Waals surface area contributed by atoms with Crippen LogP contribution < -0.4 is 16.0 Å². The Balaban J connectivity index is 1.82. The Morgan fingerprint density at radius 3 is 2.00 bits per heavy atom. The minimum atomic E-state index is -0.117. The molecule has 0 aliphatic carbocycles. The van der Waals surface area contributed by atoms with Crippen LogP contribution in [0, 0.1) is 5.92 Å². The first-order valence-corrected chi connectivity index (χ1v) is 7.54. The molecule has 120 valence electrons. The van der Waals surface area contributed by atoms with Crippen LogP contribution in [0.2, 0.25) is 0 Å². The molecular formula is C18H21N3O2. The highest BCUT2D eigenvalue weighted by molar-refractivity contribution is 5.94. The fourth-order valence-corrected chi connectivity index (χ4v) is 1.87. The van der Waals surface area contributed by atoms with E-state index in [9.17, 15) is 9.59 Å². The van der Waals surface area contributed by atoms with Gasteiger partial charge in [-0.2, -0.15) is 0 Å². The van der Waals surface area contributed by atoms with Gasteiger partial charge in [0.25, 0.3) is 0 Å². The maximum Gasteiger partial charge on any atom is 0.243 e. The van der Waals surface area contributed by atoms with Gasteiger partial charge in [0.1, 0.15) is 0 Å². The normalized spacial score (nSPS) is 10.2. The molecule has 0 saturated carbocycles. The van der Waals surface area contributed by atoms with E-state index in [1.54, 1.807) is 12.1 Å². The average molecular weight is 311 g/mol. The molecule has 5 heteroatoms. The third kappa shape index (κ3) is 5.47. The first kappa shape index (κ1) is 16.5. The molecule has 23 heavy (non-hydrogen) atoms. The smallest absolute Gasteiger partial charge is 0.243 e. The lowest BCUT2D eigenvalue weighted by Crippen LogP contribution is -2.21. The SMILES string of the molecule is CC(C)C(=O)Nc1ccc(NCC(=O)Nc2ccccc2)cc1. The highest BCUT2D eigenvalue weighted by Gasteiger charge is 2.07. The summed E-state index contributed by atoms with van der Waals surface area (Å²) >= 11 is 0. The molecule has 3 N–H and O–H groups in total. The van der Waals surface area contributed by atoms with Gasteiger partial charge < -0.3 is 16.0 Å². The van der Waals surface area contributed by atoms with E-state index in [-0.39, 0.29) is 24.3 Å². The van der Waals surface area contributed by atoms with Gasteiger partial charge in [-0.05, 0) is 36.4 Å². The summed E-state index contributed by atoms with van der Waals surface area (Å²) in [5.41, 5.74) is 2.32. The Hall–Kier alpha value is -2.82. The topological polar surface area (TPSA) is 70.2 Å². The van der Waals surface area contributed by atoms with Crippen molar-refractivity contribution in [2.75, 3.05) is 22.5 Å². The van der Waals surface area contributed by atoms with Crippen LogP contribution in [0.1, 0.15) is 13.8 Å². The number of para-hydroxylation sites is 1. The maximum absolute atomic E-state index is 11.8. The summed E-state index contributed by atoms with van der Waals surface area (Å²) in [5.74, 6) is -0.198. The number of benzene rings is 2. The van der Waals surface area contributed by atoms with Gasteiger partial charge in [0.05, 0.1) is 6.54 Å². The van der Waals surface area contributed by atoms with E-state index in [4.69, 9.17) is 0 Å². The predicted octanol–water partition coefficient (Wildman–Crippen LogP) is 3.33. The lowest BCUT2D eigenvalue weighted by atomic mass is 10.2. The van der Waals surface area contributed by atoms with Crippen molar-refractivity contribution in [2.45, 2.75) is 13.8 Å². The van der Waals surface area contributed by atoms with Crippen LogP contribution in [-0.2, 0) is 9.59 Å². The minimum Gasteiger partial charge on any atom is -0.376 e. The third-order valence-electron chi connectivity index (χ3n) is 3.19.